The second kappa shape index (κ2) is 4.52. The second-order valence-electron chi connectivity index (χ2n) is 2.69. The second-order valence-corrected chi connectivity index (χ2v) is 4.38. The Bertz CT molecular complexity index is 402. The summed E-state index contributed by atoms with van der Waals surface area (Å²) >= 11 is 4.99. The molecule has 1 aromatic carbocycles. The van der Waals surface area contributed by atoms with Gasteiger partial charge in [0.2, 0.25) is 5.13 Å². The Morgan fingerprint density at radius 1 is 1.36 bits per heavy atom. The van der Waals surface area contributed by atoms with Gasteiger partial charge in [-0.1, -0.05) is 45.5 Å². The Kier molecular flexibility index (Phi) is 3.10. The third kappa shape index (κ3) is 2.30. The number of halogens is 1. The van der Waals surface area contributed by atoms with E-state index in [0.717, 1.165) is 16.1 Å². The van der Waals surface area contributed by atoms with Crippen LogP contribution in [0.3, 0.4) is 0 Å². The summed E-state index contributed by atoms with van der Waals surface area (Å²) in [6.07, 6.45) is 0. The maximum absolute atomic E-state index is 3.90. The Morgan fingerprint density at radius 2 is 2.21 bits per heavy atom. The lowest BCUT2D eigenvalue weighted by atomic mass is 10.2. The van der Waals surface area contributed by atoms with Crippen molar-refractivity contribution < 1.29 is 0 Å². The molecule has 1 N–H and O–H groups in total. The summed E-state index contributed by atoms with van der Waals surface area (Å²) in [5, 5.41) is 11.7. The first-order chi connectivity index (χ1) is 6.86. The lowest BCUT2D eigenvalue weighted by molar-refractivity contribution is 1.05. The zero-order valence-corrected chi connectivity index (χ0v) is 9.68. The highest BCUT2D eigenvalue weighted by molar-refractivity contribution is 9.10. The highest BCUT2D eigenvalue weighted by Gasteiger charge is 1.99. The first-order valence-electron chi connectivity index (χ1n) is 4.10. The zero-order valence-electron chi connectivity index (χ0n) is 7.27. The number of rotatable bonds is 3. The Balaban J connectivity index is 2.02. The van der Waals surface area contributed by atoms with Crippen LogP contribution in [-0.2, 0) is 6.54 Å². The summed E-state index contributed by atoms with van der Waals surface area (Å²) in [6.45, 7) is 0.761. The maximum Gasteiger partial charge on any atom is 0.205 e. The van der Waals surface area contributed by atoms with Crippen molar-refractivity contribution in [1.82, 2.24) is 10.2 Å². The Hall–Kier alpha value is -0.940. The van der Waals surface area contributed by atoms with Crippen LogP contribution in [0.15, 0.2) is 34.2 Å². The Labute approximate surface area is 94.3 Å². The van der Waals surface area contributed by atoms with Crippen molar-refractivity contribution in [1.29, 1.82) is 0 Å². The first-order valence-corrected chi connectivity index (χ1v) is 5.77. The summed E-state index contributed by atoms with van der Waals surface area (Å²) in [6, 6.07) is 8.11. The fourth-order valence-corrected chi connectivity index (χ4v) is 1.93. The summed E-state index contributed by atoms with van der Waals surface area (Å²) in [4.78, 5) is 0. The predicted molar refractivity (Wildman–Crippen MR) is 61.4 cm³/mol. The number of anilines is 1. The van der Waals surface area contributed by atoms with Gasteiger partial charge in [-0.2, -0.15) is 0 Å². The van der Waals surface area contributed by atoms with Gasteiger partial charge in [0.1, 0.15) is 5.51 Å². The molecule has 0 aliphatic heterocycles. The van der Waals surface area contributed by atoms with Crippen LogP contribution in [0.1, 0.15) is 5.56 Å². The molecule has 0 atom stereocenters. The molecular weight excluding hydrogens is 262 g/mol. The fourth-order valence-electron chi connectivity index (χ4n) is 1.06. The van der Waals surface area contributed by atoms with Gasteiger partial charge < -0.3 is 5.32 Å². The van der Waals surface area contributed by atoms with Crippen LogP contribution >= 0.6 is 27.3 Å². The van der Waals surface area contributed by atoms with E-state index in [1.54, 1.807) is 5.51 Å². The van der Waals surface area contributed by atoms with Crippen LogP contribution in [0.2, 0.25) is 0 Å². The van der Waals surface area contributed by atoms with E-state index in [0.29, 0.717) is 0 Å². The molecule has 0 saturated carbocycles. The molecule has 3 nitrogen and oxygen atoms in total. The van der Waals surface area contributed by atoms with Crippen LogP contribution in [0.5, 0.6) is 0 Å². The molecule has 2 aromatic rings. The number of nitrogens with one attached hydrogen (secondary N) is 1. The van der Waals surface area contributed by atoms with E-state index in [1.165, 1.54) is 16.9 Å². The molecule has 0 unspecified atom stereocenters. The molecule has 14 heavy (non-hydrogen) atoms. The first kappa shape index (κ1) is 9.61. The van der Waals surface area contributed by atoms with Gasteiger partial charge >= 0.3 is 0 Å². The monoisotopic (exact) mass is 269 g/mol. The van der Waals surface area contributed by atoms with Crippen LogP contribution in [0.4, 0.5) is 5.13 Å². The number of nitrogens with zero attached hydrogens (tertiary/aromatic N) is 2. The normalized spacial score (nSPS) is 10.1. The van der Waals surface area contributed by atoms with Crippen molar-refractivity contribution in [2.45, 2.75) is 6.54 Å². The summed E-state index contributed by atoms with van der Waals surface area (Å²) in [5.74, 6) is 0. The summed E-state index contributed by atoms with van der Waals surface area (Å²) < 4.78 is 1.11. The van der Waals surface area contributed by atoms with Crippen LogP contribution in [-0.4, -0.2) is 10.2 Å². The molecule has 0 aliphatic carbocycles. The maximum atomic E-state index is 3.90. The molecule has 1 aromatic heterocycles. The quantitative estimate of drug-likeness (QED) is 0.931. The third-order valence-electron chi connectivity index (χ3n) is 1.75. The van der Waals surface area contributed by atoms with Gasteiger partial charge in [0.25, 0.3) is 0 Å². The van der Waals surface area contributed by atoms with Crippen molar-refractivity contribution >= 4 is 32.4 Å². The lowest BCUT2D eigenvalue weighted by Crippen LogP contribution is -1.99. The van der Waals surface area contributed by atoms with E-state index >= 15 is 0 Å². The molecule has 2 rings (SSSR count). The lowest BCUT2D eigenvalue weighted by Gasteiger charge is -2.03. The molecular formula is C9H8BrN3S. The van der Waals surface area contributed by atoms with Crippen LogP contribution in [0, 0.1) is 0 Å². The molecule has 5 heteroatoms. The molecule has 0 spiro atoms. The van der Waals surface area contributed by atoms with Gasteiger partial charge in [-0.15, -0.1) is 10.2 Å². The van der Waals surface area contributed by atoms with Crippen molar-refractivity contribution in [3.63, 3.8) is 0 Å². The highest BCUT2D eigenvalue weighted by Crippen LogP contribution is 2.17. The van der Waals surface area contributed by atoms with Crippen LogP contribution < -0.4 is 5.32 Å². The molecule has 0 radical (unpaired) electrons. The number of hydrogen-bond donors (Lipinski definition) is 1. The van der Waals surface area contributed by atoms with E-state index in [4.69, 9.17) is 0 Å². The molecule has 1 heterocycles. The van der Waals surface area contributed by atoms with Gasteiger partial charge in [0.05, 0.1) is 0 Å². The van der Waals surface area contributed by atoms with Gasteiger partial charge in [0.15, 0.2) is 0 Å². The van der Waals surface area contributed by atoms with Crippen LogP contribution in [0.25, 0.3) is 0 Å². The minimum atomic E-state index is 0.761. The van der Waals surface area contributed by atoms with Gasteiger partial charge in [0, 0.05) is 11.0 Å². The minimum Gasteiger partial charge on any atom is -0.356 e. The predicted octanol–water partition coefficient (Wildman–Crippen LogP) is 2.91. The molecule has 0 aliphatic rings. The molecule has 0 fully saturated rings. The van der Waals surface area contributed by atoms with E-state index in [2.05, 4.69) is 37.5 Å². The third-order valence-corrected chi connectivity index (χ3v) is 3.17. The average Bonchev–Trinajstić information content (AvgIpc) is 2.69. The van der Waals surface area contributed by atoms with Gasteiger partial charge in [-0.05, 0) is 11.6 Å². The smallest absolute Gasteiger partial charge is 0.205 e. The summed E-state index contributed by atoms with van der Waals surface area (Å²) in [5.41, 5.74) is 2.92. The van der Waals surface area contributed by atoms with E-state index in [9.17, 15) is 0 Å². The van der Waals surface area contributed by atoms with Crippen molar-refractivity contribution in [3.8, 4) is 0 Å². The minimum absolute atomic E-state index is 0.761. The largest absolute Gasteiger partial charge is 0.356 e. The van der Waals surface area contributed by atoms with Crippen molar-refractivity contribution in [3.05, 3.63) is 39.8 Å². The molecule has 0 amide bonds. The number of benzene rings is 1. The van der Waals surface area contributed by atoms with Gasteiger partial charge in [-0.3, -0.25) is 0 Å². The number of hydrogen-bond acceptors (Lipinski definition) is 4. The Morgan fingerprint density at radius 3 is 2.93 bits per heavy atom. The average molecular weight is 270 g/mol. The standard InChI is InChI=1S/C9H8BrN3S/c10-8-4-2-1-3-7(8)5-11-9-13-12-6-14-9/h1-4,6H,5H2,(H,11,13). The highest BCUT2D eigenvalue weighted by atomic mass is 79.9. The van der Waals surface area contributed by atoms with Crippen molar-refractivity contribution in [2.75, 3.05) is 5.32 Å². The molecule has 0 bridgehead atoms. The topological polar surface area (TPSA) is 37.8 Å². The summed E-state index contributed by atoms with van der Waals surface area (Å²) in [7, 11) is 0. The van der Waals surface area contributed by atoms with Crippen molar-refractivity contribution in [2.24, 2.45) is 0 Å². The number of aromatic nitrogens is 2. The zero-order chi connectivity index (χ0) is 9.80. The fraction of sp³-hybridized carbons (Fsp3) is 0.111. The SMILES string of the molecule is Brc1ccccc1CNc1nncs1. The van der Waals surface area contributed by atoms with E-state index < -0.39 is 0 Å². The van der Waals surface area contributed by atoms with Gasteiger partial charge in [-0.25, -0.2) is 0 Å². The van der Waals surface area contributed by atoms with E-state index in [-0.39, 0.29) is 0 Å². The molecule has 0 saturated heterocycles. The molecule has 72 valence electrons. The van der Waals surface area contributed by atoms with E-state index in [1.807, 2.05) is 18.2 Å².